The number of rotatable bonds is 42. The number of ketones is 1. The van der Waals surface area contributed by atoms with Crippen molar-refractivity contribution in [2.75, 3.05) is 26.4 Å². The van der Waals surface area contributed by atoms with E-state index in [2.05, 4.69) is 71.5 Å². The molecule has 0 aliphatic heterocycles. The van der Waals surface area contributed by atoms with E-state index in [0.29, 0.717) is 19.3 Å². The van der Waals surface area contributed by atoms with E-state index in [9.17, 15) is 33.5 Å². The van der Waals surface area contributed by atoms with E-state index < -0.39 is 66.2 Å². The standard InChI is InChI=1S/C46H78O14P2/c1-3-5-7-8-9-10-11-12-13-14-15-16-17-18-19-22-26-29-33-37-46(50)60-44(41-59-62(54,55)58-39-43(48)38-57-61(51,52)53)40-56-45(49)36-32-28-25-23-20-21-24-27-31-35-42(47)34-30-6-4-2/h9-10,12-13,15-16,18-19,24,27,31,35,43-44,48H,3-8,11,14,17,20-23,25-26,28-30,32-34,36-41H2,1-2H3,(H,54,55)(H2,51,52,53)/b10-9-,13-12-,16-15-,19-18-,27-24-,35-31+/t43-,44+/m0/s1. The van der Waals surface area contributed by atoms with Crippen molar-refractivity contribution in [2.45, 2.75) is 174 Å². The van der Waals surface area contributed by atoms with E-state index in [4.69, 9.17) is 23.8 Å². The fraction of sp³-hybridized carbons (Fsp3) is 0.674. The SMILES string of the molecule is CCCCC/C=C\C/C=C\C/C=C\C/C=C\CCCCCC(=O)O[C@H](COC(=O)CCCCCCC/C=C\C=C\C(=O)CCCCC)COP(=O)(O)OC[C@@H](O)COP(=O)(O)O. The third-order valence-corrected chi connectivity index (χ3v) is 10.5. The molecule has 0 aromatic heterocycles. The number of allylic oxidation sites excluding steroid dienone is 12. The molecule has 0 bridgehead atoms. The fourth-order valence-electron chi connectivity index (χ4n) is 5.55. The number of hydrogen-bond donors (Lipinski definition) is 4. The number of aliphatic hydroxyl groups excluding tert-OH is 1. The molecule has 0 radical (unpaired) electrons. The molecule has 3 atom stereocenters. The quantitative estimate of drug-likeness (QED) is 0.0112. The number of unbranched alkanes of at least 4 members (excludes halogenated alkanes) is 13. The maximum Gasteiger partial charge on any atom is 0.472 e. The van der Waals surface area contributed by atoms with Crippen molar-refractivity contribution in [3.8, 4) is 0 Å². The molecule has 356 valence electrons. The molecule has 14 nitrogen and oxygen atoms in total. The van der Waals surface area contributed by atoms with Crippen LogP contribution in [0, 0.1) is 0 Å². The highest BCUT2D eigenvalue weighted by atomic mass is 31.2. The van der Waals surface area contributed by atoms with Crippen molar-refractivity contribution >= 4 is 33.4 Å². The Balaban J connectivity index is 4.64. The summed E-state index contributed by atoms with van der Waals surface area (Å²) in [5.41, 5.74) is 0. The molecular weight excluding hydrogens is 838 g/mol. The molecule has 0 aliphatic carbocycles. The highest BCUT2D eigenvalue weighted by Gasteiger charge is 2.28. The molecule has 62 heavy (non-hydrogen) atoms. The number of carbonyl (C=O) groups excluding carboxylic acids is 3. The number of carbonyl (C=O) groups is 3. The average molecular weight is 917 g/mol. The summed E-state index contributed by atoms with van der Waals surface area (Å²) < 4.78 is 47.7. The third-order valence-electron chi connectivity index (χ3n) is 9.03. The number of esters is 2. The fourth-order valence-corrected chi connectivity index (χ4v) is 6.70. The molecule has 0 amide bonds. The molecule has 4 N–H and O–H groups in total. The van der Waals surface area contributed by atoms with E-state index >= 15 is 0 Å². The number of phosphoric acid groups is 2. The van der Waals surface area contributed by atoms with Crippen LogP contribution >= 0.6 is 15.6 Å². The maximum absolute atomic E-state index is 12.7. The van der Waals surface area contributed by atoms with Gasteiger partial charge in [0, 0.05) is 19.3 Å². The minimum absolute atomic E-state index is 0.0728. The number of ether oxygens (including phenoxy) is 2. The Morgan fingerprint density at radius 2 is 0.984 bits per heavy atom. The van der Waals surface area contributed by atoms with Gasteiger partial charge in [0.2, 0.25) is 0 Å². The highest BCUT2D eigenvalue weighted by Crippen LogP contribution is 2.43. The summed E-state index contributed by atoms with van der Waals surface area (Å²) in [5, 5.41) is 9.75. The van der Waals surface area contributed by atoms with Gasteiger partial charge in [-0.15, -0.1) is 0 Å². The topological polar surface area (TPSA) is 212 Å². The second kappa shape index (κ2) is 41.0. The molecular formula is C46H78O14P2. The van der Waals surface area contributed by atoms with Gasteiger partial charge in [-0.2, -0.15) is 0 Å². The van der Waals surface area contributed by atoms with Crippen LogP contribution in [-0.2, 0) is 46.6 Å². The van der Waals surface area contributed by atoms with Crippen molar-refractivity contribution in [1.82, 2.24) is 0 Å². The van der Waals surface area contributed by atoms with Gasteiger partial charge in [-0.25, -0.2) is 9.13 Å². The molecule has 0 saturated heterocycles. The number of hydrogen-bond acceptors (Lipinski definition) is 11. The van der Waals surface area contributed by atoms with Crippen molar-refractivity contribution < 1.29 is 66.3 Å². The summed E-state index contributed by atoms with van der Waals surface area (Å²) in [6, 6.07) is 0. The summed E-state index contributed by atoms with van der Waals surface area (Å²) in [6.07, 6.45) is 41.6. The predicted molar refractivity (Wildman–Crippen MR) is 244 cm³/mol. The Bertz CT molecular complexity index is 1430. The first-order valence-electron chi connectivity index (χ1n) is 22.6. The first-order valence-corrected chi connectivity index (χ1v) is 25.6. The minimum Gasteiger partial charge on any atom is -0.462 e. The van der Waals surface area contributed by atoms with E-state index in [0.717, 1.165) is 96.3 Å². The van der Waals surface area contributed by atoms with Crippen LogP contribution in [0.5, 0.6) is 0 Å². The Hall–Kier alpha value is -2.77. The van der Waals surface area contributed by atoms with Gasteiger partial charge in [-0.05, 0) is 83.1 Å². The lowest BCUT2D eigenvalue weighted by molar-refractivity contribution is -0.161. The molecule has 0 saturated carbocycles. The molecule has 0 heterocycles. The van der Waals surface area contributed by atoms with Gasteiger partial charge in [-0.3, -0.25) is 28.0 Å². The van der Waals surface area contributed by atoms with Crippen LogP contribution in [0.1, 0.15) is 162 Å². The Labute approximate surface area is 371 Å². The maximum atomic E-state index is 12.7. The number of phosphoric ester groups is 2. The monoisotopic (exact) mass is 916 g/mol. The van der Waals surface area contributed by atoms with Crippen LogP contribution in [0.2, 0.25) is 0 Å². The first-order chi connectivity index (χ1) is 29.8. The summed E-state index contributed by atoms with van der Waals surface area (Å²) in [5.74, 6) is -0.986. The lowest BCUT2D eigenvalue weighted by Gasteiger charge is -2.20. The van der Waals surface area contributed by atoms with Crippen LogP contribution in [0.3, 0.4) is 0 Å². The van der Waals surface area contributed by atoms with Crippen LogP contribution < -0.4 is 0 Å². The molecule has 0 spiro atoms. The van der Waals surface area contributed by atoms with E-state index in [1.54, 1.807) is 12.2 Å². The predicted octanol–water partition coefficient (Wildman–Crippen LogP) is 11.0. The van der Waals surface area contributed by atoms with Crippen LogP contribution in [0.4, 0.5) is 0 Å². The smallest absolute Gasteiger partial charge is 0.462 e. The summed E-state index contributed by atoms with van der Waals surface area (Å²) in [4.78, 5) is 64.5. The van der Waals surface area contributed by atoms with Gasteiger partial charge in [0.25, 0.3) is 0 Å². The van der Waals surface area contributed by atoms with Crippen molar-refractivity contribution in [3.05, 3.63) is 72.9 Å². The zero-order valence-electron chi connectivity index (χ0n) is 37.4. The molecule has 0 fully saturated rings. The average Bonchev–Trinajstić information content (AvgIpc) is 3.23. The van der Waals surface area contributed by atoms with Gasteiger partial charge >= 0.3 is 27.6 Å². The van der Waals surface area contributed by atoms with Crippen LogP contribution in [0.15, 0.2) is 72.9 Å². The Kier molecular flexibility index (Phi) is 39.1. The van der Waals surface area contributed by atoms with Gasteiger partial charge < -0.3 is 29.3 Å². The van der Waals surface area contributed by atoms with Gasteiger partial charge in [0.15, 0.2) is 11.9 Å². The molecule has 0 rings (SSSR count). The van der Waals surface area contributed by atoms with Gasteiger partial charge in [0.1, 0.15) is 12.7 Å². The molecule has 0 aromatic carbocycles. The Morgan fingerprint density at radius 1 is 0.516 bits per heavy atom. The van der Waals surface area contributed by atoms with Gasteiger partial charge in [0.05, 0.1) is 19.8 Å². The largest absolute Gasteiger partial charge is 0.472 e. The molecule has 0 aromatic rings. The summed E-state index contributed by atoms with van der Waals surface area (Å²) in [7, 11) is -9.72. The third kappa shape index (κ3) is 43.9. The zero-order valence-corrected chi connectivity index (χ0v) is 39.2. The Morgan fingerprint density at radius 3 is 1.60 bits per heavy atom. The second-order valence-corrected chi connectivity index (χ2v) is 17.7. The first kappa shape index (κ1) is 59.2. The second-order valence-electron chi connectivity index (χ2n) is 15.0. The molecule has 16 heteroatoms. The van der Waals surface area contributed by atoms with Gasteiger partial charge in [-0.1, -0.05) is 132 Å². The lowest BCUT2D eigenvalue weighted by atomic mass is 10.1. The minimum atomic E-state index is -4.88. The summed E-state index contributed by atoms with van der Waals surface area (Å²) >= 11 is 0. The van der Waals surface area contributed by atoms with Crippen molar-refractivity contribution in [1.29, 1.82) is 0 Å². The normalized spacial score (nSPS) is 14.5. The van der Waals surface area contributed by atoms with Crippen LogP contribution in [-0.4, -0.2) is 76.1 Å². The van der Waals surface area contributed by atoms with Crippen LogP contribution in [0.25, 0.3) is 0 Å². The molecule has 0 aliphatic rings. The molecule has 1 unspecified atom stereocenters. The lowest BCUT2D eigenvalue weighted by Crippen LogP contribution is -2.30. The van der Waals surface area contributed by atoms with E-state index in [-0.39, 0.29) is 18.6 Å². The zero-order chi connectivity index (χ0) is 46.0. The van der Waals surface area contributed by atoms with Crippen molar-refractivity contribution in [3.63, 3.8) is 0 Å². The van der Waals surface area contributed by atoms with Crippen molar-refractivity contribution in [2.24, 2.45) is 0 Å². The number of aliphatic hydroxyl groups is 1. The van der Waals surface area contributed by atoms with E-state index in [1.165, 1.54) is 19.3 Å². The highest BCUT2D eigenvalue weighted by molar-refractivity contribution is 7.47. The van der Waals surface area contributed by atoms with E-state index in [1.807, 2.05) is 12.2 Å². The summed E-state index contributed by atoms with van der Waals surface area (Å²) in [6.45, 7) is 1.48.